The van der Waals surface area contributed by atoms with Gasteiger partial charge in [-0.05, 0) is 24.3 Å². The fraction of sp³-hybridized carbons (Fsp3) is 0.143. The summed E-state index contributed by atoms with van der Waals surface area (Å²) < 4.78 is 11.8. The van der Waals surface area contributed by atoms with Crippen molar-refractivity contribution in [3.63, 3.8) is 0 Å². The molecule has 2 aromatic rings. The molecule has 0 radical (unpaired) electrons. The zero-order valence-corrected chi connectivity index (χ0v) is 12.3. The first-order chi connectivity index (χ1) is 9.24. The number of fused-ring (bicyclic) bond motifs is 1. The van der Waals surface area contributed by atoms with Crippen molar-refractivity contribution in [1.29, 1.82) is 0 Å². The Morgan fingerprint density at radius 3 is 2.95 bits per heavy atom. The van der Waals surface area contributed by atoms with Gasteiger partial charge in [-0.1, -0.05) is 39.7 Å². The molecule has 1 aliphatic heterocycles. The number of hydrogen-bond donors (Lipinski definition) is 1. The van der Waals surface area contributed by atoms with E-state index in [1.54, 1.807) is 0 Å². The normalized spacial score (nSPS) is 12.5. The molecule has 0 saturated heterocycles. The summed E-state index contributed by atoms with van der Waals surface area (Å²) in [6.07, 6.45) is 0. The fourth-order valence-corrected chi connectivity index (χ4v) is 2.69. The third-order valence-corrected chi connectivity index (χ3v) is 3.68. The van der Waals surface area contributed by atoms with Crippen LogP contribution in [0.15, 0.2) is 40.9 Å². The summed E-state index contributed by atoms with van der Waals surface area (Å²) in [7, 11) is 0. The fourth-order valence-electron chi connectivity index (χ4n) is 1.95. The minimum atomic E-state index is 0.283. The minimum absolute atomic E-state index is 0.283. The number of ether oxygens (including phenoxy) is 2. The molecule has 19 heavy (non-hydrogen) atoms. The first-order valence-electron chi connectivity index (χ1n) is 5.80. The van der Waals surface area contributed by atoms with Crippen molar-refractivity contribution in [2.24, 2.45) is 0 Å². The van der Waals surface area contributed by atoms with Gasteiger partial charge < -0.3 is 14.8 Å². The number of anilines is 1. The molecule has 2 aromatic carbocycles. The van der Waals surface area contributed by atoms with Gasteiger partial charge in [0.05, 0.1) is 10.7 Å². The smallest absolute Gasteiger partial charge is 0.231 e. The monoisotopic (exact) mass is 339 g/mol. The summed E-state index contributed by atoms with van der Waals surface area (Å²) >= 11 is 9.55. The van der Waals surface area contributed by atoms with E-state index in [0.717, 1.165) is 27.2 Å². The zero-order valence-electron chi connectivity index (χ0n) is 9.95. The maximum Gasteiger partial charge on any atom is 0.231 e. The number of rotatable bonds is 3. The minimum Gasteiger partial charge on any atom is -0.454 e. The highest BCUT2D eigenvalue weighted by Crippen LogP contribution is 2.36. The highest BCUT2D eigenvalue weighted by molar-refractivity contribution is 9.10. The summed E-state index contributed by atoms with van der Waals surface area (Å²) in [5.41, 5.74) is 1.94. The number of benzene rings is 2. The van der Waals surface area contributed by atoms with E-state index in [0.29, 0.717) is 11.6 Å². The molecular weight excluding hydrogens is 330 g/mol. The molecule has 98 valence electrons. The van der Waals surface area contributed by atoms with Crippen LogP contribution in [0.2, 0.25) is 5.02 Å². The lowest BCUT2D eigenvalue weighted by Crippen LogP contribution is -2.01. The van der Waals surface area contributed by atoms with E-state index in [1.807, 2.05) is 36.4 Å². The van der Waals surface area contributed by atoms with Gasteiger partial charge in [-0.3, -0.25) is 0 Å². The van der Waals surface area contributed by atoms with Gasteiger partial charge in [0.2, 0.25) is 6.79 Å². The second-order valence-electron chi connectivity index (χ2n) is 4.13. The SMILES string of the molecule is Clc1cc(Br)ccc1NCc1cccc2c1OCO2. The summed E-state index contributed by atoms with van der Waals surface area (Å²) in [6, 6.07) is 11.6. The van der Waals surface area contributed by atoms with Gasteiger partial charge in [-0.2, -0.15) is 0 Å². The van der Waals surface area contributed by atoms with Crippen molar-refractivity contribution >= 4 is 33.2 Å². The Morgan fingerprint density at radius 2 is 2.11 bits per heavy atom. The van der Waals surface area contributed by atoms with Crippen LogP contribution >= 0.6 is 27.5 Å². The van der Waals surface area contributed by atoms with Crippen LogP contribution < -0.4 is 14.8 Å². The average molecular weight is 341 g/mol. The lowest BCUT2D eigenvalue weighted by Gasteiger charge is -2.10. The quantitative estimate of drug-likeness (QED) is 0.896. The predicted molar refractivity (Wildman–Crippen MR) is 79.0 cm³/mol. The Hall–Kier alpha value is -1.39. The Bertz CT molecular complexity index is 618. The highest BCUT2D eigenvalue weighted by Gasteiger charge is 2.16. The van der Waals surface area contributed by atoms with Crippen molar-refractivity contribution in [2.75, 3.05) is 12.1 Å². The van der Waals surface area contributed by atoms with Crippen LogP contribution in [0.5, 0.6) is 11.5 Å². The van der Waals surface area contributed by atoms with Crippen LogP contribution in [0.3, 0.4) is 0 Å². The maximum atomic E-state index is 6.16. The first-order valence-corrected chi connectivity index (χ1v) is 6.97. The van der Waals surface area contributed by atoms with Crippen LogP contribution in [-0.4, -0.2) is 6.79 Å². The molecule has 0 aromatic heterocycles. The average Bonchev–Trinajstić information content (AvgIpc) is 2.86. The third kappa shape index (κ3) is 2.65. The highest BCUT2D eigenvalue weighted by atomic mass is 79.9. The maximum absolute atomic E-state index is 6.16. The molecule has 0 amide bonds. The van der Waals surface area contributed by atoms with E-state index in [1.165, 1.54) is 0 Å². The van der Waals surface area contributed by atoms with Crippen molar-refractivity contribution in [2.45, 2.75) is 6.54 Å². The molecule has 0 atom stereocenters. The van der Waals surface area contributed by atoms with Gasteiger partial charge >= 0.3 is 0 Å². The molecule has 1 heterocycles. The molecule has 3 nitrogen and oxygen atoms in total. The number of halogens is 2. The van der Waals surface area contributed by atoms with Gasteiger partial charge in [-0.15, -0.1) is 0 Å². The summed E-state index contributed by atoms with van der Waals surface area (Å²) in [5, 5.41) is 3.98. The summed E-state index contributed by atoms with van der Waals surface area (Å²) in [6.45, 7) is 0.916. The number of nitrogens with one attached hydrogen (secondary N) is 1. The molecule has 0 unspecified atom stereocenters. The summed E-state index contributed by atoms with van der Waals surface area (Å²) in [5.74, 6) is 1.60. The molecule has 0 spiro atoms. The third-order valence-electron chi connectivity index (χ3n) is 2.88. The van der Waals surface area contributed by atoms with Gasteiger partial charge in [0.15, 0.2) is 11.5 Å². The largest absolute Gasteiger partial charge is 0.454 e. The molecule has 5 heteroatoms. The molecule has 0 aliphatic carbocycles. The van der Waals surface area contributed by atoms with Gasteiger partial charge in [0.25, 0.3) is 0 Å². The molecule has 0 fully saturated rings. The van der Waals surface area contributed by atoms with Crippen molar-refractivity contribution < 1.29 is 9.47 Å². The van der Waals surface area contributed by atoms with Crippen LogP contribution in [0.1, 0.15) is 5.56 Å². The van der Waals surface area contributed by atoms with E-state index in [-0.39, 0.29) is 6.79 Å². The van der Waals surface area contributed by atoms with Crippen LogP contribution in [-0.2, 0) is 6.54 Å². The Morgan fingerprint density at radius 1 is 1.21 bits per heavy atom. The van der Waals surface area contributed by atoms with E-state index in [4.69, 9.17) is 21.1 Å². The lowest BCUT2D eigenvalue weighted by atomic mass is 10.2. The van der Waals surface area contributed by atoms with Crippen LogP contribution in [0.4, 0.5) is 5.69 Å². The van der Waals surface area contributed by atoms with E-state index in [2.05, 4.69) is 21.2 Å². The van der Waals surface area contributed by atoms with Gasteiger partial charge in [0.1, 0.15) is 0 Å². The van der Waals surface area contributed by atoms with Gasteiger partial charge in [0, 0.05) is 16.6 Å². The lowest BCUT2D eigenvalue weighted by molar-refractivity contribution is 0.173. The molecule has 0 saturated carbocycles. The van der Waals surface area contributed by atoms with E-state index >= 15 is 0 Å². The summed E-state index contributed by atoms with van der Waals surface area (Å²) in [4.78, 5) is 0. The topological polar surface area (TPSA) is 30.5 Å². The van der Waals surface area contributed by atoms with Crippen molar-refractivity contribution in [1.82, 2.24) is 0 Å². The Kier molecular flexibility index (Phi) is 3.53. The molecule has 3 rings (SSSR count). The molecular formula is C14H11BrClNO2. The number of para-hydroxylation sites is 1. The van der Waals surface area contributed by atoms with Crippen molar-refractivity contribution in [3.05, 3.63) is 51.5 Å². The Labute approximate surface area is 124 Å². The van der Waals surface area contributed by atoms with E-state index in [9.17, 15) is 0 Å². The van der Waals surface area contributed by atoms with Crippen LogP contribution in [0.25, 0.3) is 0 Å². The molecule has 1 aliphatic rings. The van der Waals surface area contributed by atoms with Crippen LogP contribution in [0, 0.1) is 0 Å². The Balaban J connectivity index is 1.78. The molecule has 1 N–H and O–H groups in total. The predicted octanol–water partition coefficient (Wildman–Crippen LogP) is 4.44. The first kappa shape index (κ1) is 12.6. The second-order valence-corrected chi connectivity index (χ2v) is 5.45. The van der Waals surface area contributed by atoms with E-state index < -0.39 is 0 Å². The standard InChI is InChI=1S/C14H11BrClNO2/c15-10-4-5-12(11(16)6-10)17-7-9-2-1-3-13-14(9)19-8-18-13/h1-6,17H,7-8H2. The van der Waals surface area contributed by atoms with Gasteiger partial charge in [-0.25, -0.2) is 0 Å². The second kappa shape index (κ2) is 5.31. The van der Waals surface area contributed by atoms with Crippen molar-refractivity contribution in [3.8, 4) is 11.5 Å². The zero-order chi connectivity index (χ0) is 13.2. The number of hydrogen-bond acceptors (Lipinski definition) is 3. The molecule has 0 bridgehead atoms.